The highest BCUT2D eigenvalue weighted by Gasteiger charge is 2.38. The minimum Gasteiger partial charge on any atom is -0.409 e. The summed E-state index contributed by atoms with van der Waals surface area (Å²) in [6.45, 7) is 3.04. The summed E-state index contributed by atoms with van der Waals surface area (Å²) in [5.74, 6) is 0.310. The zero-order valence-corrected chi connectivity index (χ0v) is 10.7. The van der Waals surface area contributed by atoms with Gasteiger partial charge in [-0.15, -0.1) is 0 Å². The molecule has 2 fully saturated rings. The van der Waals surface area contributed by atoms with Crippen LogP contribution in [0.3, 0.4) is 0 Å². The molecule has 2 unspecified atom stereocenters. The van der Waals surface area contributed by atoms with Gasteiger partial charge in [0.2, 0.25) is 5.91 Å². The molecule has 1 saturated heterocycles. The normalized spacial score (nSPS) is 28.4. The Morgan fingerprint density at radius 1 is 1.56 bits per heavy atom. The molecule has 6 nitrogen and oxygen atoms in total. The van der Waals surface area contributed by atoms with E-state index in [1.54, 1.807) is 0 Å². The number of nitrogens with zero attached hydrogens (tertiary/aromatic N) is 2. The molecular weight excluding hydrogens is 234 g/mol. The second-order valence-corrected chi connectivity index (χ2v) is 5.18. The molecule has 6 heteroatoms. The quantitative estimate of drug-likeness (QED) is 0.325. The minimum absolute atomic E-state index is 0.0205. The first kappa shape index (κ1) is 13.1. The van der Waals surface area contributed by atoms with Crippen molar-refractivity contribution in [3.05, 3.63) is 0 Å². The summed E-state index contributed by atoms with van der Waals surface area (Å²) in [6.07, 6.45) is 3.51. The zero-order valence-electron chi connectivity index (χ0n) is 10.7. The van der Waals surface area contributed by atoms with E-state index in [-0.39, 0.29) is 23.8 Å². The van der Waals surface area contributed by atoms with Gasteiger partial charge in [-0.2, -0.15) is 0 Å². The van der Waals surface area contributed by atoms with Gasteiger partial charge in [-0.05, 0) is 26.2 Å². The van der Waals surface area contributed by atoms with E-state index < -0.39 is 0 Å². The number of hydrogen-bond donors (Lipinski definition) is 2. The van der Waals surface area contributed by atoms with E-state index in [0.29, 0.717) is 25.6 Å². The summed E-state index contributed by atoms with van der Waals surface area (Å²) in [7, 11) is 0. The van der Waals surface area contributed by atoms with E-state index in [2.05, 4.69) is 5.16 Å². The molecule has 0 spiro atoms. The summed E-state index contributed by atoms with van der Waals surface area (Å²) in [5, 5.41) is 11.5. The van der Waals surface area contributed by atoms with Crippen LogP contribution in [0.1, 0.15) is 32.6 Å². The van der Waals surface area contributed by atoms with E-state index in [1.165, 1.54) is 0 Å². The highest BCUT2D eigenvalue weighted by Crippen LogP contribution is 2.30. The smallest absolute Gasteiger partial charge is 0.228 e. The molecule has 0 bridgehead atoms. The van der Waals surface area contributed by atoms with Gasteiger partial charge in [0.15, 0.2) is 0 Å². The van der Waals surface area contributed by atoms with Gasteiger partial charge in [0.25, 0.3) is 0 Å². The number of ether oxygens (including phenoxy) is 1. The van der Waals surface area contributed by atoms with Gasteiger partial charge in [0, 0.05) is 19.0 Å². The van der Waals surface area contributed by atoms with Crippen LogP contribution >= 0.6 is 0 Å². The zero-order chi connectivity index (χ0) is 13.1. The van der Waals surface area contributed by atoms with Crippen LogP contribution in [0.4, 0.5) is 0 Å². The Balaban J connectivity index is 1.90. The molecule has 1 aliphatic heterocycles. The molecule has 1 aliphatic carbocycles. The lowest BCUT2D eigenvalue weighted by atomic mass is 10.0. The number of amides is 1. The maximum absolute atomic E-state index is 12.4. The van der Waals surface area contributed by atoms with E-state index >= 15 is 0 Å². The average molecular weight is 255 g/mol. The molecule has 0 aromatic rings. The van der Waals surface area contributed by atoms with E-state index in [1.807, 2.05) is 11.8 Å². The van der Waals surface area contributed by atoms with Gasteiger partial charge in [0.1, 0.15) is 5.84 Å². The second kappa shape index (κ2) is 5.56. The van der Waals surface area contributed by atoms with Crippen molar-refractivity contribution in [1.82, 2.24) is 4.90 Å². The molecule has 1 saturated carbocycles. The molecule has 102 valence electrons. The summed E-state index contributed by atoms with van der Waals surface area (Å²) in [4.78, 5) is 14.3. The molecule has 2 aliphatic rings. The molecule has 0 aromatic carbocycles. The van der Waals surface area contributed by atoms with Crippen molar-refractivity contribution in [2.75, 3.05) is 13.2 Å². The predicted molar refractivity (Wildman–Crippen MR) is 66.3 cm³/mol. The van der Waals surface area contributed by atoms with Crippen molar-refractivity contribution in [1.29, 1.82) is 0 Å². The molecular formula is C12H21N3O3. The molecule has 2 atom stereocenters. The first-order valence-electron chi connectivity index (χ1n) is 6.50. The number of hydrogen-bond acceptors (Lipinski definition) is 4. The van der Waals surface area contributed by atoms with Gasteiger partial charge in [-0.3, -0.25) is 4.79 Å². The van der Waals surface area contributed by atoms with E-state index in [4.69, 9.17) is 15.7 Å². The van der Waals surface area contributed by atoms with Gasteiger partial charge in [0.05, 0.1) is 18.6 Å². The molecule has 18 heavy (non-hydrogen) atoms. The fourth-order valence-electron chi connectivity index (χ4n) is 2.37. The maximum Gasteiger partial charge on any atom is 0.228 e. The first-order chi connectivity index (χ1) is 8.61. The number of carbonyl (C=O) groups is 1. The number of rotatable bonds is 5. The predicted octanol–water partition coefficient (Wildman–Crippen LogP) is 0.539. The topological polar surface area (TPSA) is 88.2 Å². The SMILES string of the molecule is CC1CC(C(=O)N(CCC(N)=NO)C2CC2)CO1. The van der Waals surface area contributed by atoms with Crippen LogP contribution in [0, 0.1) is 5.92 Å². The van der Waals surface area contributed by atoms with Crippen LogP contribution in [0.5, 0.6) is 0 Å². The fourth-order valence-corrected chi connectivity index (χ4v) is 2.37. The third kappa shape index (κ3) is 3.13. The minimum atomic E-state index is -0.0205. The third-order valence-corrected chi connectivity index (χ3v) is 3.56. The van der Waals surface area contributed by atoms with Crippen molar-refractivity contribution < 1.29 is 14.7 Å². The van der Waals surface area contributed by atoms with Crippen molar-refractivity contribution in [2.24, 2.45) is 16.8 Å². The standard InChI is InChI=1S/C12H21N3O3/c1-8-6-9(7-18-8)12(16)15(10-2-3-10)5-4-11(13)14-17/h8-10,17H,2-7H2,1H3,(H2,13,14). The Morgan fingerprint density at radius 2 is 2.28 bits per heavy atom. The number of oxime groups is 1. The monoisotopic (exact) mass is 255 g/mol. The van der Waals surface area contributed by atoms with Crippen molar-refractivity contribution in [3.8, 4) is 0 Å². The first-order valence-corrected chi connectivity index (χ1v) is 6.50. The van der Waals surface area contributed by atoms with E-state index in [0.717, 1.165) is 19.3 Å². The number of carbonyl (C=O) groups excluding carboxylic acids is 1. The lowest BCUT2D eigenvalue weighted by Crippen LogP contribution is -2.40. The summed E-state index contributed by atoms with van der Waals surface area (Å²) in [5.41, 5.74) is 5.45. The molecule has 1 amide bonds. The van der Waals surface area contributed by atoms with Crippen LogP contribution in [0.2, 0.25) is 0 Å². The Kier molecular flexibility index (Phi) is 4.06. The fraction of sp³-hybridized carbons (Fsp3) is 0.833. The Bertz CT molecular complexity index is 341. The van der Waals surface area contributed by atoms with Crippen molar-refractivity contribution in [2.45, 2.75) is 44.8 Å². The Labute approximate surface area is 107 Å². The van der Waals surface area contributed by atoms with Crippen LogP contribution in [0.25, 0.3) is 0 Å². The largest absolute Gasteiger partial charge is 0.409 e. The molecule has 1 heterocycles. The van der Waals surface area contributed by atoms with Crippen molar-refractivity contribution >= 4 is 11.7 Å². The van der Waals surface area contributed by atoms with Gasteiger partial charge < -0.3 is 20.6 Å². The summed E-state index contributed by atoms with van der Waals surface area (Å²) in [6, 6.07) is 0.347. The highest BCUT2D eigenvalue weighted by atomic mass is 16.5. The van der Waals surface area contributed by atoms with Gasteiger partial charge >= 0.3 is 0 Å². The van der Waals surface area contributed by atoms with Crippen LogP contribution in [-0.2, 0) is 9.53 Å². The van der Waals surface area contributed by atoms with Crippen LogP contribution < -0.4 is 5.73 Å². The number of amidine groups is 1. The molecule has 3 N–H and O–H groups in total. The van der Waals surface area contributed by atoms with Gasteiger partial charge in [-0.1, -0.05) is 5.16 Å². The van der Waals surface area contributed by atoms with Crippen molar-refractivity contribution in [3.63, 3.8) is 0 Å². The summed E-state index contributed by atoms with van der Waals surface area (Å²) >= 11 is 0. The third-order valence-electron chi connectivity index (χ3n) is 3.56. The number of nitrogens with two attached hydrogens (primary N) is 1. The highest BCUT2D eigenvalue weighted by molar-refractivity contribution is 5.82. The maximum atomic E-state index is 12.4. The molecule has 2 rings (SSSR count). The van der Waals surface area contributed by atoms with E-state index in [9.17, 15) is 4.79 Å². The second-order valence-electron chi connectivity index (χ2n) is 5.18. The van der Waals surface area contributed by atoms with Crippen LogP contribution in [-0.4, -0.2) is 47.1 Å². The summed E-state index contributed by atoms with van der Waals surface area (Å²) < 4.78 is 5.45. The lowest BCUT2D eigenvalue weighted by Gasteiger charge is -2.24. The Hall–Kier alpha value is -1.30. The molecule has 0 aromatic heterocycles. The van der Waals surface area contributed by atoms with Crippen LogP contribution in [0.15, 0.2) is 5.16 Å². The van der Waals surface area contributed by atoms with Gasteiger partial charge in [-0.25, -0.2) is 0 Å². The average Bonchev–Trinajstić information content (AvgIpc) is 3.10. The Morgan fingerprint density at radius 3 is 2.78 bits per heavy atom. The molecule has 0 radical (unpaired) electrons. The lowest BCUT2D eigenvalue weighted by molar-refractivity contribution is -0.136.